The van der Waals surface area contributed by atoms with Crippen LogP contribution in [0.1, 0.15) is 29.3 Å². The van der Waals surface area contributed by atoms with Crippen LogP contribution in [-0.2, 0) is 20.7 Å². The van der Waals surface area contributed by atoms with Crippen LogP contribution >= 0.6 is 23.2 Å². The van der Waals surface area contributed by atoms with Gasteiger partial charge in [0.25, 0.3) is 5.91 Å². The van der Waals surface area contributed by atoms with Crippen LogP contribution in [-0.4, -0.2) is 41.9 Å². The van der Waals surface area contributed by atoms with Gasteiger partial charge < -0.3 is 15.0 Å². The Balaban J connectivity index is 1.70. The number of anilines is 1. The third-order valence-corrected chi connectivity index (χ3v) is 5.07. The van der Waals surface area contributed by atoms with E-state index in [0.29, 0.717) is 34.3 Å². The number of esters is 1. The lowest BCUT2D eigenvalue weighted by Crippen LogP contribution is -2.47. The van der Waals surface area contributed by atoms with Crippen molar-refractivity contribution in [3.8, 4) is 0 Å². The summed E-state index contributed by atoms with van der Waals surface area (Å²) in [6.07, 6.45) is -0.0248. The summed E-state index contributed by atoms with van der Waals surface area (Å²) in [7, 11) is 0. The molecule has 0 spiro atoms. The van der Waals surface area contributed by atoms with Crippen molar-refractivity contribution in [2.45, 2.75) is 25.9 Å². The molecule has 1 N–H and O–H groups in total. The van der Waals surface area contributed by atoms with Crippen molar-refractivity contribution in [1.82, 2.24) is 4.90 Å². The molecule has 2 aromatic carbocycles. The molecule has 2 amide bonds. The standard InChI is InChI=1S/C21H20Cl2N2O4/c1-2-9-25(12-19(26)24-17-11-14(22)7-8-16(17)23)20(27)18-10-13-5-3-4-6-15(13)21(28)29-18/h3-8,11,18H,2,9-10,12H2,1H3,(H,24,26)/t18-/m1/s1. The number of ether oxygens (including phenoxy) is 1. The van der Waals surface area contributed by atoms with Gasteiger partial charge in [-0.3, -0.25) is 9.59 Å². The molecule has 29 heavy (non-hydrogen) atoms. The van der Waals surface area contributed by atoms with Crippen LogP contribution in [0.15, 0.2) is 42.5 Å². The van der Waals surface area contributed by atoms with Gasteiger partial charge in [0.2, 0.25) is 5.91 Å². The third kappa shape index (κ3) is 5.08. The largest absolute Gasteiger partial charge is 0.448 e. The molecule has 1 heterocycles. The number of cyclic esters (lactones) is 1. The lowest BCUT2D eigenvalue weighted by Gasteiger charge is -2.29. The highest BCUT2D eigenvalue weighted by molar-refractivity contribution is 6.35. The van der Waals surface area contributed by atoms with E-state index < -0.39 is 23.9 Å². The van der Waals surface area contributed by atoms with Crippen LogP contribution in [0, 0.1) is 0 Å². The Labute approximate surface area is 178 Å². The predicted molar refractivity (Wildman–Crippen MR) is 111 cm³/mol. The molecule has 1 aliphatic heterocycles. The van der Waals surface area contributed by atoms with Gasteiger partial charge in [-0.25, -0.2) is 4.79 Å². The van der Waals surface area contributed by atoms with Crippen LogP contribution < -0.4 is 5.32 Å². The fourth-order valence-corrected chi connectivity index (χ4v) is 3.50. The van der Waals surface area contributed by atoms with Crippen molar-refractivity contribution in [1.29, 1.82) is 0 Å². The van der Waals surface area contributed by atoms with E-state index in [-0.39, 0.29) is 13.0 Å². The maximum atomic E-state index is 13.0. The van der Waals surface area contributed by atoms with E-state index in [9.17, 15) is 14.4 Å². The molecule has 0 saturated carbocycles. The lowest BCUT2D eigenvalue weighted by molar-refractivity contribution is -0.143. The van der Waals surface area contributed by atoms with Gasteiger partial charge in [0.1, 0.15) is 0 Å². The molecule has 0 unspecified atom stereocenters. The maximum Gasteiger partial charge on any atom is 0.339 e. The molecule has 3 rings (SSSR count). The molecule has 0 saturated heterocycles. The molecular formula is C21H20Cl2N2O4. The quantitative estimate of drug-likeness (QED) is 0.698. The predicted octanol–water partition coefficient (Wildman–Crippen LogP) is 3.95. The summed E-state index contributed by atoms with van der Waals surface area (Å²) in [4.78, 5) is 39.1. The highest BCUT2D eigenvalue weighted by Gasteiger charge is 2.34. The average molecular weight is 435 g/mol. The van der Waals surface area contributed by atoms with Crippen LogP contribution in [0.2, 0.25) is 10.0 Å². The number of hydrogen-bond donors (Lipinski definition) is 1. The molecule has 152 valence electrons. The first-order valence-electron chi connectivity index (χ1n) is 9.21. The zero-order valence-corrected chi connectivity index (χ0v) is 17.3. The van der Waals surface area contributed by atoms with Gasteiger partial charge >= 0.3 is 5.97 Å². The van der Waals surface area contributed by atoms with E-state index in [1.807, 2.05) is 13.0 Å². The Morgan fingerprint density at radius 3 is 2.72 bits per heavy atom. The van der Waals surface area contributed by atoms with Gasteiger partial charge in [0.15, 0.2) is 6.10 Å². The summed E-state index contributed by atoms with van der Waals surface area (Å²) in [5.74, 6) is -1.35. The molecule has 0 radical (unpaired) electrons. The summed E-state index contributed by atoms with van der Waals surface area (Å²) in [6.45, 7) is 2.06. The minimum absolute atomic E-state index is 0.189. The number of nitrogens with one attached hydrogen (secondary N) is 1. The Hall–Kier alpha value is -2.57. The number of nitrogens with zero attached hydrogens (tertiary/aromatic N) is 1. The lowest BCUT2D eigenvalue weighted by atomic mass is 9.98. The van der Waals surface area contributed by atoms with Crippen molar-refractivity contribution < 1.29 is 19.1 Å². The topological polar surface area (TPSA) is 75.7 Å². The summed E-state index contributed by atoms with van der Waals surface area (Å²) < 4.78 is 5.34. The summed E-state index contributed by atoms with van der Waals surface area (Å²) in [5.41, 5.74) is 1.59. The number of carbonyl (C=O) groups excluding carboxylic acids is 3. The summed E-state index contributed by atoms with van der Waals surface area (Å²) >= 11 is 12.0. The monoisotopic (exact) mass is 434 g/mol. The van der Waals surface area contributed by atoms with Crippen molar-refractivity contribution >= 4 is 46.7 Å². The fraction of sp³-hybridized carbons (Fsp3) is 0.286. The fourth-order valence-electron chi connectivity index (χ4n) is 3.17. The number of carbonyl (C=O) groups is 3. The van der Waals surface area contributed by atoms with E-state index in [2.05, 4.69) is 5.32 Å². The Morgan fingerprint density at radius 1 is 1.21 bits per heavy atom. The normalized spacial score (nSPS) is 15.3. The van der Waals surface area contributed by atoms with E-state index >= 15 is 0 Å². The molecule has 2 aromatic rings. The van der Waals surface area contributed by atoms with Gasteiger partial charge in [-0.05, 0) is 36.2 Å². The van der Waals surface area contributed by atoms with E-state index in [0.717, 1.165) is 5.56 Å². The number of halogens is 2. The minimum atomic E-state index is -0.952. The first-order valence-corrected chi connectivity index (χ1v) is 9.97. The molecular weight excluding hydrogens is 415 g/mol. The SMILES string of the molecule is CCCN(CC(=O)Nc1cc(Cl)ccc1Cl)C(=O)[C@H]1Cc2ccccc2C(=O)O1. The zero-order chi connectivity index (χ0) is 21.0. The number of benzene rings is 2. The third-order valence-electron chi connectivity index (χ3n) is 4.51. The van der Waals surface area contributed by atoms with Crippen molar-refractivity contribution in [3.05, 3.63) is 63.6 Å². The van der Waals surface area contributed by atoms with Gasteiger partial charge in [-0.15, -0.1) is 0 Å². The maximum absolute atomic E-state index is 13.0. The summed E-state index contributed by atoms with van der Waals surface area (Å²) in [5, 5.41) is 3.44. The first kappa shape index (κ1) is 21.1. The van der Waals surface area contributed by atoms with Crippen LogP contribution in [0.3, 0.4) is 0 Å². The first-order chi connectivity index (χ1) is 13.9. The van der Waals surface area contributed by atoms with Gasteiger partial charge in [-0.2, -0.15) is 0 Å². The van der Waals surface area contributed by atoms with Gasteiger partial charge in [-0.1, -0.05) is 48.3 Å². The molecule has 0 fully saturated rings. The van der Waals surface area contributed by atoms with Crippen molar-refractivity contribution in [3.63, 3.8) is 0 Å². The zero-order valence-electron chi connectivity index (χ0n) is 15.8. The smallest absolute Gasteiger partial charge is 0.339 e. The Bertz CT molecular complexity index is 948. The highest BCUT2D eigenvalue weighted by atomic mass is 35.5. The molecule has 1 aliphatic rings. The molecule has 0 aromatic heterocycles. The Kier molecular flexibility index (Phi) is 6.77. The van der Waals surface area contributed by atoms with Crippen LogP contribution in [0.5, 0.6) is 0 Å². The second kappa shape index (κ2) is 9.29. The van der Waals surface area contributed by atoms with Crippen LogP contribution in [0.25, 0.3) is 0 Å². The van der Waals surface area contributed by atoms with Crippen molar-refractivity contribution in [2.24, 2.45) is 0 Å². The van der Waals surface area contributed by atoms with E-state index in [4.69, 9.17) is 27.9 Å². The summed E-state index contributed by atoms with van der Waals surface area (Å²) in [6, 6.07) is 11.8. The molecule has 1 atom stereocenters. The Morgan fingerprint density at radius 2 is 1.97 bits per heavy atom. The number of rotatable bonds is 6. The highest BCUT2D eigenvalue weighted by Crippen LogP contribution is 2.25. The number of hydrogen-bond acceptors (Lipinski definition) is 4. The molecule has 8 heteroatoms. The second-order valence-electron chi connectivity index (χ2n) is 6.69. The van der Waals surface area contributed by atoms with Crippen LogP contribution in [0.4, 0.5) is 5.69 Å². The van der Waals surface area contributed by atoms with E-state index in [1.165, 1.54) is 11.0 Å². The number of amides is 2. The second-order valence-corrected chi connectivity index (χ2v) is 7.53. The molecule has 6 nitrogen and oxygen atoms in total. The van der Waals surface area contributed by atoms with E-state index in [1.54, 1.807) is 30.3 Å². The van der Waals surface area contributed by atoms with Gasteiger partial charge in [0, 0.05) is 18.0 Å². The minimum Gasteiger partial charge on any atom is -0.448 e. The van der Waals surface area contributed by atoms with Gasteiger partial charge in [0.05, 0.1) is 22.8 Å². The van der Waals surface area contributed by atoms with Crippen molar-refractivity contribution in [2.75, 3.05) is 18.4 Å². The molecule has 0 bridgehead atoms. The number of fused-ring (bicyclic) bond motifs is 1. The molecule has 0 aliphatic carbocycles. The average Bonchev–Trinajstić information content (AvgIpc) is 2.70.